The van der Waals surface area contributed by atoms with E-state index in [9.17, 15) is 4.79 Å². The van der Waals surface area contributed by atoms with E-state index < -0.39 is 0 Å². The van der Waals surface area contributed by atoms with Crippen LogP contribution in [0.3, 0.4) is 0 Å². The first-order valence-corrected chi connectivity index (χ1v) is 5.29. The molecule has 2 rings (SSSR count). The number of pyridine rings is 1. The van der Waals surface area contributed by atoms with E-state index in [4.69, 9.17) is 5.73 Å². The van der Waals surface area contributed by atoms with Gasteiger partial charge in [-0.1, -0.05) is 0 Å². The zero-order valence-corrected chi connectivity index (χ0v) is 9.60. The van der Waals surface area contributed by atoms with Crippen molar-refractivity contribution in [3.8, 4) is 0 Å². The predicted molar refractivity (Wildman–Crippen MR) is 63.2 cm³/mol. The third-order valence-electron chi connectivity index (χ3n) is 2.91. The number of aryl methyl sites for hydroxylation is 1. The molecule has 2 N–H and O–H groups in total. The molecule has 0 spiro atoms. The number of rotatable bonds is 1. The number of aromatic nitrogens is 1. The fourth-order valence-electron chi connectivity index (χ4n) is 1.65. The van der Waals surface area contributed by atoms with E-state index in [0.29, 0.717) is 6.54 Å². The van der Waals surface area contributed by atoms with Crippen molar-refractivity contribution in [2.24, 2.45) is 0 Å². The third-order valence-corrected chi connectivity index (χ3v) is 2.91. The Hall–Kier alpha value is -1.78. The zero-order valence-electron chi connectivity index (χ0n) is 9.60. The number of hydrogen-bond donors (Lipinski definition) is 1. The van der Waals surface area contributed by atoms with Gasteiger partial charge in [0.25, 0.3) is 0 Å². The summed E-state index contributed by atoms with van der Waals surface area (Å²) in [6.45, 7) is 3.83. The average Bonchev–Trinajstić information content (AvgIpc) is 2.26. The van der Waals surface area contributed by atoms with Gasteiger partial charge >= 0.3 is 0 Å². The summed E-state index contributed by atoms with van der Waals surface area (Å²) < 4.78 is 0. The van der Waals surface area contributed by atoms with Crippen molar-refractivity contribution in [3.63, 3.8) is 0 Å². The second-order valence-corrected chi connectivity index (χ2v) is 4.14. The number of piperazine rings is 1. The lowest BCUT2D eigenvalue weighted by molar-refractivity contribution is -0.129. The van der Waals surface area contributed by atoms with Crippen molar-refractivity contribution >= 4 is 17.4 Å². The topological polar surface area (TPSA) is 62.5 Å². The molecule has 1 aromatic heterocycles. The number of carbonyl (C=O) groups is 1. The van der Waals surface area contributed by atoms with Crippen LogP contribution in [0, 0.1) is 6.92 Å². The summed E-state index contributed by atoms with van der Waals surface area (Å²) >= 11 is 0. The lowest BCUT2D eigenvalue weighted by Gasteiger charge is -2.32. The fraction of sp³-hybridized carbons (Fsp3) is 0.455. The van der Waals surface area contributed by atoms with E-state index in [1.54, 1.807) is 11.1 Å². The summed E-state index contributed by atoms with van der Waals surface area (Å²) in [5.74, 6) is 0.900. The van der Waals surface area contributed by atoms with Crippen LogP contribution < -0.4 is 10.6 Å². The Labute approximate surface area is 94.9 Å². The molecule has 16 heavy (non-hydrogen) atoms. The van der Waals surface area contributed by atoms with Crippen molar-refractivity contribution in [3.05, 3.63) is 17.8 Å². The summed E-state index contributed by atoms with van der Waals surface area (Å²) in [6.07, 6.45) is 1.74. The number of nitrogen functional groups attached to an aromatic ring is 1. The number of hydrogen-bond acceptors (Lipinski definition) is 4. The Bertz CT molecular complexity index is 418. The summed E-state index contributed by atoms with van der Waals surface area (Å²) in [5.41, 5.74) is 7.51. The lowest BCUT2D eigenvalue weighted by atomic mass is 10.2. The molecule has 5 nitrogen and oxygen atoms in total. The van der Waals surface area contributed by atoms with Crippen LogP contribution in [0.25, 0.3) is 0 Å². The number of nitrogens with zero attached hydrogens (tertiary/aromatic N) is 3. The largest absolute Gasteiger partial charge is 0.398 e. The van der Waals surface area contributed by atoms with Gasteiger partial charge in [0.15, 0.2) is 0 Å². The van der Waals surface area contributed by atoms with E-state index in [2.05, 4.69) is 4.98 Å². The van der Waals surface area contributed by atoms with Crippen molar-refractivity contribution in [2.75, 3.05) is 37.3 Å². The second-order valence-electron chi connectivity index (χ2n) is 4.14. The Morgan fingerprint density at radius 2 is 2.19 bits per heavy atom. The number of nitrogens with two attached hydrogens (primary N) is 1. The minimum Gasteiger partial charge on any atom is -0.398 e. The number of amides is 1. The van der Waals surface area contributed by atoms with E-state index >= 15 is 0 Å². The quantitative estimate of drug-likeness (QED) is 0.737. The first-order chi connectivity index (χ1) is 7.58. The molecule has 0 atom stereocenters. The molecule has 0 bridgehead atoms. The van der Waals surface area contributed by atoms with Crippen LogP contribution in [0.2, 0.25) is 0 Å². The molecule has 0 aliphatic carbocycles. The highest BCUT2D eigenvalue weighted by atomic mass is 16.2. The van der Waals surface area contributed by atoms with Gasteiger partial charge in [-0.3, -0.25) is 4.79 Å². The van der Waals surface area contributed by atoms with Gasteiger partial charge in [-0.05, 0) is 12.5 Å². The average molecular weight is 220 g/mol. The second kappa shape index (κ2) is 4.00. The molecule has 0 aromatic carbocycles. The molecule has 1 amide bonds. The van der Waals surface area contributed by atoms with Gasteiger partial charge in [-0.2, -0.15) is 0 Å². The van der Waals surface area contributed by atoms with E-state index in [1.165, 1.54) is 0 Å². The zero-order chi connectivity index (χ0) is 11.7. The summed E-state index contributed by atoms with van der Waals surface area (Å²) in [5, 5.41) is 0. The Balaban J connectivity index is 2.18. The summed E-state index contributed by atoms with van der Waals surface area (Å²) in [7, 11) is 1.82. The van der Waals surface area contributed by atoms with Crippen LogP contribution in [0.5, 0.6) is 0 Å². The lowest BCUT2D eigenvalue weighted by Crippen LogP contribution is -2.48. The van der Waals surface area contributed by atoms with Crippen LogP contribution >= 0.6 is 0 Å². The van der Waals surface area contributed by atoms with Crippen LogP contribution in [-0.4, -0.2) is 42.5 Å². The Morgan fingerprint density at radius 3 is 2.81 bits per heavy atom. The smallest absolute Gasteiger partial charge is 0.241 e. The molecule has 5 heteroatoms. The highest BCUT2D eigenvalue weighted by Crippen LogP contribution is 2.18. The van der Waals surface area contributed by atoms with Gasteiger partial charge in [0.2, 0.25) is 5.91 Å². The number of anilines is 2. The Kier molecular flexibility index (Phi) is 2.68. The molecule has 0 radical (unpaired) electrons. The molecular weight excluding hydrogens is 204 g/mol. The first kappa shape index (κ1) is 10.7. The molecule has 1 aliphatic heterocycles. The van der Waals surface area contributed by atoms with E-state index in [1.807, 2.05) is 24.9 Å². The molecule has 1 aliphatic rings. The number of carbonyl (C=O) groups excluding carboxylic acids is 1. The normalized spacial score (nSPS) is 16.8. The summed E-state index contributed by atoms with van der Waals surface area (Å²) in [4.78, 5) is 19.5. The molecule has 0 unspecified atom stereocenters. The van der Waals surface area contributed by atoms with Crippen molar-refractivity contribution in [2.45, 2.75) is 6.92 Å². The SMILES string of the molecule is Cc1cnc(N2CCN(C)C(=O)C2)cc1N. The van der Waals surface area contributed by atoms with Gasteiger partial charge in [-0.25, -0.2) is 4.98 Å². The van der Waals surface area contributed by atoms with Gasteiger partial charge in [0.05, 0.1) is 6.54 Å². The van der Waals surface area contributed by atoms with Gasteiger partial charge in [-0.15, -0.1) is 0 Å². The maximum absolute atomic E-state index is 11.6. The van der Waals surface area contributed by atoms with Gasteiger partial charge in [0.1, 0.15) is 5.82 Å². The molecule has 2 heterocycles. The van der Waals surface area contributed by atoms with Crippen LogP contribution in [0.1, 0.15) is 5.56 Å². The molecule has 86 valence electrons. The molecular formula is C11H16N4O. The monoisotopic (exact) mass is 220 g/mol. The highest BCUT2D eigenvalue weighted by Gasteiger charge is 2.21. The maximum atomic E-state index is 11.6. The predicted octanol–water partition coefficient (Wildman–Crippen LogP) is 0.251. The molecule has 0 saturated carbocycles. The highest BCUT2D eigenvalue weighted by molar-refractivity contribution is 5.82. The van der Waals surface area contributed by atoms with Crippen LogP contribution in [0.4, 0.5) is 11.5 Å². The van der Waals surface area contributed by atoms with Crippen LogP contribution in [0.15, 0.2) is 12.3 Å². The van der Waals surface area contributed by atoms with Crippen molar-refractivity contribution in [1.29, 1.82) is 0 Å². The van der Waals surface area contributed by atoms with E-state index in [-0.39, 0.29) is 5.91 Å². The minimum absolute atomic E-state index is 0.118. The fourth-order valence-corrected chi connectivity index (χ4v) is 1.65. The van der Waals surface area contributed by atoms with Gasteiger partial charge < -0.3 is 15.5 Å². The minimum atomic E-state index is 0.118. The molecule has 1 aromatic rings. The van der Waals surface area contributed by atoms with Crippen molar-refractivity contribution < 1.29 is 4.79 Å². The standard InChI is InChI=1S/C11H16N4O/c1-8-6-13-10(5-9(8)12)15-4-3-14(2)11(16)7-15/h5-6H,3-4,7H2,1-2H3,(H2,12,13). The maximum Gasteiger partial charge on any atom is 0.241 e. The Morgan fingerprint density at radius 1 is 1.44 bits per heavy atom. The number of likely N-dealkylation sites (N-methyl/N-ethyl adjacent to an activating group) is 1. The first-order valence-electron chi connectivity index (χ1n) is 5.29. The van der Waals surface area contributed by atoms with Crippen molar-refractivity contribution in [1.82, 2.24) is 9.88 Å². The molecule has 1 fully saturated rings. The van der Waals surface area contributed by atoms with E-state index in [0.717, 1.165) is 30.2 Å². The van der Waals surface area contributed by atoms with Crippen LogP contribution in [-0.2, 0) is 4.79 Å². The molecule has 1 saturated heterocycles. The summed E-state index contributed by atoms with van der Waals surface area (Å²) in [6, 6.07) is 1.83. The third kappa shape index (κ3) is 1.93. The van der Waals surface area contributed by atoms with Gasteiger partial charge in [0, 0.05) is 38.1 Å².